The highest BCUT2D eigenvalue weighted by atomic mass is 19.1. The predicted octanol–water partition coefficient (Wildman–Crippen LogP) is 4.91. The minimum atomic E-state index is -0.725. The van der Waals surface area contributed by atoms with E-state index in [2.05, 4.69) is 36.2 Å². The zero-order chi connectivity index (χ0) is 28.8. The van der Waals surface area contributed by atoms with Crippen LogP contribution in [-0.2, 0) is 19.0 Å². The monoisotopic (exact) mass is 548 g/mol. The van der Waals surface area contributed by atoms with Crippen LogP contribution in [0.1, 0.15) is 37.7 Å². The van der Waals surface area contributed by atoms with Gasteiger partial charge in [0.05, 0.1) is 23.6 Å². The number of fused-ring (bicyclic) bond motifs is 1. The second kappa shape index (κ2) is 9.94. The van der Waals surface area contributed by atoms with E-state index in [-0.39, 0.29) is 29.6 Å². The maximum absolute atomic E-state index is 14.6. The molecule has 0 saturated heterocycles. The summed E-state index contributed by atoms with van der Waals surface area (Å²) < 4.78 is 21.5. The topological polar surface area (TPSA) is 146 Å². The van der Waals surface area contributed by atoms with Crippen LogP contribution in [0.3, 0.4) is 0 Å². The van der Waals surface area contributed by atoms with Crippen LogP contribution in [0.4, 0.5) is 48.8 Å². The number of carbonyl (C=O) groups excluding carboxylic acids is 2. The predicted molar refractivity (Wildman–Crippen MR) is 147 cm³/mol. The van der Waals surface area contributed by atoms with Crippen molar-refractivity contribution in [2.24, 2.45) is 7.05 Å². The van der Waals surface area contributed by atoms with Crippen LogP contribution < -0.4 is 25.8 Å². The van der Waals surface area contributed by atoms with E-state index in [1.54, 1.807) is 31.0 Å². The summed E-state index contributed by atoms with van der Waals surface area (Å²) in [5.41, 5.74) is 2.17. The molecule has 1 aliphatic heterocycles. The Morgan fingerprint density at radius 1 is 1.12 bits per heavy atom. The van der Waals surface area contributed by atoms with Crippen LogP contribution in [0.25, 0.3) is 0 Å². The molecule has 0 aliphatic carbocycles. The van der Waals surface area contributed by atoms with E-state index < -0.39 is 11.8 Å². The van der Waals surface area contributed by atoms with Crippen molar-refractivity contribution in [2.45, 2.75) is 39.7 Å². The lowest BCUT2D eigenvalue weighted by atomic mass is 9.92. The van der Waals surface area contributed by atoms with E-state index in [0.717, 1.165) is 5.69 Å². The van der Waals surface area contributed by atoms with E-state index in [1.807, 2.05) is 33.8 Å². The molecule has 4 amide bonds. The normalized spacial score (nSPS) is 13.3. The summed E-state index contributed by atoms with van der Waals surface area (Å²) in [5.74, 6) is 0.914. The van der Waals surface area contributed by atoms with Crippen molar-refractivity contribution in [2.75, 3.05) is 32.8 Å². The van der Waals surface area contributed by atoms with Gasteiger partial charge in [0.25, 0.3) is 0 Å². The molecule has 0 spiro atoms. The molecule has 0 radical (unpaired) electrons. The Morgan fingerprint density at radius 2 is 1.90 bits per heavy atom. The molecular weight excluding hydrogens is 519 g/mol. The Morgan fingerprint density at radius 3 is 2.58 bits per heavy atom. The minimum Gasteiger partial charge on any atom is -0.338 e. The number of aryl methyl sites for hydroxylation is 2. The lowest BCUT2D eigenvalue weighted by molar-refractivity contribution is 0.251. The quantitative estimate of drug-likeness (QED) is 0.319. The Labute approximate surface area is 229 Å². The molecule has 1 aliphatic rings. The first-order chi connectivity index (χ1) is 18.9. The number of benzene rings is 1. The second-order valence-electron chi connectivity index (χ2n) is 10.5. The summed E-state index contributed by atoms with van der Waals surface area (Å²) in [7, 11) is 3.39. The fraction of sp³-hybridized carbons (Fsp3) is 0.308. The van der Waals surface area contributed by atoms with Crippen LogP contribution in [0.5, 0.6) is 0 Å². The first-order valence-corrected chi connectivity index (χ1v) is 12.4. The number of urea groups is 2. The number of aromatic nitrogens is 5. The fourth-order valence-corrected chi connectivity index (χ4v) is 4.14. The molecule has 0 fully saturated rings. The standard InChI is InChI=1S/C26H29FN10O3/c1-14-9-20(36(6)33-14)30-23-28-12-15-13-37(25(39)35(5)22(15)32-23)16-7-8-17(27)18(10-16)29-24(38)31-21-11-19(34-40-21)26(2,3)4/h7-12H,13H2,1-6H3,(H,28,30,32)(H2,29,31,38). The van der Waals surface area contributed by atoms with Gasteiger partial charge in [-0.3, -0.25) is 19.8 Å². The molecule has 0 saturated carbocycles. The van der Waals surface area contributed by atoms with Gasteiger partial charge in [0.2, 0.25) is 11.8 Å². The molecule has 0 bridgehead atoms. The zero-order valence-electron chi connectivity index (χ0n) is 22.9. The highest BCUT2D eigenvalue weighted by molar-refractivity contribution is 6.06. The number of nitrogens with one attached hydrogen (secondary N) is 3. The van der Waals surface area contributed by atoms with E-state index in [1.165, 1.54) is 28.0 Å². The van der Waals surface area contributed by atoms with E-state index in [0.29, 0.717) is 34.5 Å². The molecule has 4 aromatic rings. The molecule has 3 N–H and O–H groups in total. The Bertz CT molecular complexity index is 1610. The number of hydrogen-bond acceptors (Lipinski definition) is 8. The van der Waals surface area contributed by atoms with Crippen molar-refractivity contribution < 1.29 is 18.5 Å². The number of carbonyl (C=O) groups is 2. The smallest absolute Gasteiger partial charge is 0.330 e. The number of rotatable bonds is 5. The third-order valence-electron chi connectivity index (χ3n) is 6.27. The van der Waals surface area contributed by atoms with Crippen molar-refractivity contribution in [1.29, 1.82) is 0 Å². The number of amides is 4. The molecule has 4 heterocycles. The SMILES string of the molecule is Cc1cc(Nc2ncc3c(n2)N(C)C(=O)N(c2ccc(F)c(NC(=O)Nc4cc(C(C)(C)C)no4)c2)C3)n(C)n1. The number of halogens is 1. The van der Waals surface area contributed by atoms with E-state index in [4.69, 9.17) is 4.52 Å². The van der Waals surface area contributed by atoms with Crippen LogP contribution >= 0.6 is 0 Å². The van der Waals surface area contributed by atoms with Gasteiger partial charge in [0, 0.05) is 49.1 Å². The lowest BCUT2D eigenvalue weighted by Gasteiger charge is -2.34. The van der Waals surface area contributed by atoms with Crippen LogP contribution in [0, 0.1) is 12.7 Å². The minimum absolute atomic E-state index is 0.117. The van der Waals surface area contributed by atoms with Gasteiger partial charge in [-0.25, -0.2) is 19.0 Å². The lowest BCUT2D eigenvalue weighted by Crippen LogP contribution is -2.46. The molecule has 40 heavy (non-hydrogen) atoms. The maximum Gasteiger partial charge on any atom is 0.330 e. The first kappa shape index (κ1) is 26.6. The summed E-state index contributed by atoms with van der Waals surface area (Å²) in [5, 5.41) is 16.3. The van der Waals surface area contributed by atoms with Crippen molar-refractivity contribution in [3.8, 4) is 0 Å². The van der Waals surface area contributed by atoms with Crippen LogP contribution in [-0.4, -0.2) is 44.0 Å². The van der Waals surface area contributed by atoms with Gasteiger partial charge >= 0.3 is 12.1 Å². The zero-order valence-corrected chi connectivity index (χ0v) is 22.9. The Balaban J connectivity index is 1.33. The Kier molecular flexibility index (Phi) is 6.61. The molecule has 14 heteroatoms. The molecule has 1 aromatic carbocycles. The summed E-state index contributed by atoms with van der Waals surface area (Å²) in [6.07, 6.45) is 1.63. The van der Waals surface area contributed by atoms with Gasteiger partial charge in [-0.15, -0.1) is 0 Å². The average molecular weight is 549 g/mol. The maximum atomic E-state index is 14.6. The highest BCUT2D eigenvalue weighted by Crippen LogP contribution is 2.32. The van der Waals surface area contributed by atoms with Gasteiger partial charge in [0.15, 0.2) is 0 Å². The molecule has 5 rings (SSSR count). The van der Waals surface area contributed by atoms with Crippen molar-refractivity contribution >= 4 is 46.9 Å². The number of anilines is 6. The fourth-order valence-electron chi connectivity index (χ4n) is 4.14. The second-order valence-corrected chi connectivity index (χ2v) is 10.5. The van der Waals surface area contributed by atoms with Crippen molar-refractivity contribution in [1.82, 2.24) is 24.9 Å². The highest BCUT2D eigenvalue weighted by Gasteiger charge is 2.31. The van der Waals surface area contributed by atoms with Gasteiger partial charge < -0.3 is 15.2 Å². The summed E-state index contributed by atoms with van der Waals surface area (Å²) in [6, 6.07) is 6.38. The molecule has 13 nitrogen and oxygen atoms in total. The molecule has 0 atom stereocenters. The summed E-state index contributed by atoms with van der Waals surface area (Å²) in [4.78, 5) is 37.6. The third kappa shape index (κ3) is 5.28. The van der Waals surface area contributed by atoms with Gasteiger partial charge in [-0.2, -0.15) is 10.1 Å². The largest absolute Gasteiger partial charge is 0.338 e. The molecule has 0 unspecified atom stereocenters. The van der Waals surface area contributed by atoms with Crippen LogP contribution in [0.15, 0.2) is 41.1 Å². The first-order valence-electron chi connectivity index (χ1n) is 12.4. The van der Waals surface area contributed by atoms with Gasteiger partial charge in [-0.05, 0) is 25.1 Å². The van der Waals surface area contributed by atoms with Gasteiger partial charge in [0.1, 0.15) is 17.5 Å². The third-order valence-corrected chi connectivity index (χ3v) is 6.27. The van der Waals surface area contributed by atoms with Crippen LogP contribution in [0.2, 0.25) is 0 Å². The average Bonchev–Trinajstić information content (AvgIpc) is 3.48. The van der Waals surface area contributed by atoms with Crippen molar-refractivity contribution in [3.05, 3.63) is 59.3 Å². The molecule has 208 valence electrons. The van der Waals surface area contributed by atoms with Crippen molar-refractivity contribution in [3.63, 3.8) is 0 Å². The van der Waals surface area contributed by atoms with E-state index >= 15 is 0 Å². The summed E-state index contributed by atoms with van der Waals surface area (Å²) in [6.45, 7) is 7.89. The Hall–Kier alpha value is -5.01. The molecule has 3 aromatic heterocycles. The van der Waals surface area contributed by atoms with Gasteiger partial charge in [-0.1, -0.05) is 25.9 Å². The van der Waals surface area contributed by atoms with E-state index in [9.17, 15) is 14.0 Å². The number of hydrogen-bond donors (Lipinski definition) is 3. The number of nitrogens with zero attached hydrogens (tertiary/aromatic N) is 7. The molecular formula is C26H29FN10O3. The summed E-state index contributed by atoms with van der Waals surface area (Å²) >= 11 is 0.